The third-order valence-electron chi connectivity index (χ3n) is 8.41. The van der Waals surface area contributed by atoms with Gasteiger partial charge in [0.05, 0.1) is 38.6 Å². The third kappa shape index (κ3) is 15.9. The van der Waals surface area contributed by atoms with E-state index in [0.717, 1.165) is 16.7 Å². The van der Waals surface area contributed by atoms with E-state index in [2.05, 4.69) is 10.6 Å². The lowest BCUT2D eigenvalue weighted by atomic mass is 9.89. The number of benzene rings is 3. The molecule has 1 saturated heterocycles. The average Bonchev–Trinajstić information content (AvgIpc) is 3.12. The summed E-state index contributed by atoms with van der Waals surface area (Å²) in [7, 11) is 0. The minimum atomic E-state index is -1.84. The van der Waals surface area contributed by atoms with Crippen molar-refractivity contribution in [3.05, 3.63) is 108 Å². The Morgan fingerprint density at radius 2 is 1.30 bits per heavy atom. The fourth-order valence-electron chi connectivity index (χ4n) is 5.98. The summed E-state index contributed by atoms with van der Waals surface area (Å²) in [6.07, 6.45) is -3.46. The summed E-state index contributed by atoms with van der Waals surface area (Å²) >= 11 is 17.7. The molecule has 0 spiro atoms. The molecule has 3 N–H and O–H groups in total. The van der Waals surface area contributed by atoms with Crippen LogP contribution in [0.15, 0.2) is 91.0 Å². The number of halogens is 3. The smallest absolute Gasteiger partial charge is 0.407 e. The van der Waals surface area contributed by atoms with Gasteiger partial charge in [-0.15, -0.1) is 0 Å². The highest BCUT2D eigenvalue weighted by atomic mass is 35.6. The molecule has 1 heterocycles. The molecule has 0 saturated carbocycles. The van der Waals surface area contributed by atoms with Crippen LogP contribution < -0.4 is 10.6 Å². The van der Waals surface area contributed by atoms with Gasteiger partial charge in [0, 0.05) is 12.6 Å². The van der Waals surface area contributed by atoms with E-state index in [1.54, 1.807) is 20.8 Å². The van der Waals surface area contributed by atoms with Crippen LogP contribution in [-0.2, 0) is 48.2 Å². The molecule has 1 aliphatic rings. The maximum Gasteiger partial charge on any atom is 0.407 e. The van der Waals surface area contributed by atoms with Gasteiger partial charge in [-0.1, -0.05) is 126 Å². The number of hydrogen-bond acceptors (Lipinski definition) is 9. The van der Waals surface area contributed by atoms with Gasteiger partial charge >= 0.3 is 12.2 Å². The van der Waals surface area contributed by atoms with Crippen molar-refractivity contribution in [1.29, 1.82) is 0 Å². The molecule has 1 unspecified atom stereocenters. The summed E-state index contributed by atoms with van der Waals surface area (Å²) in [5.41, 5.74) is 2.10. The number of carbonyl (C=O) groups excluding carboxylic acids is 2. The van der Waals surface area contributed by atoms with Crippen LogP contribution in [0.2, 0.25) is 0 Å². The number of nitrogens with one attached hydrogen (secondary N) is 2. The van der Waals surface area contributed by atoms with Gasteiger partial charge in [-0.2, -0.15) is 0 Å². The second-order valence-electron chi connectivity index (χ2n) is 14.0. The minimum Gasteiger partial charge on any atom is -0.445 e. The number of ether oxygens (including phenoxy) is 6. The molecule has 296 valence electrons. The Morgan fingerprint density at radius 3 is 1.81 bits per heavy atom. The van der Waals surface area contributed by atoms with E-state index in [0.29, 0.717) is 19.4 Å². The normalized spacial score (nSPS) is 20.8. The number of aliphatic hydroxyl groups excluding tert-OH is 1. The summed E-state index contributed by atoms with van der Waals surface area (Å²) in [4.78, 5) is 26.1. The highest BCUT2D eigenvalue weighted by Crippen LogP contribution is 2.32. The summed E-state index contributed by atoms with van der Waals surface area (Å²) in [6, 6.07) is 27.8. The number of alkyl halides is 3. The molecule has 0 aliphatic carbocycles. The van der Waals surface area contributed by atoms with Crippen molar-refractivity contribution < 1.29 is 43.1 Å². The topological polar surface area (TPSA) is 134 Å². The Labute approximate surface area is 332 Å². The largest absolute Gasteiger partial charge is 0.445 e. The zero-order valence-corrected chi connectivity index (χ0v) is 33.1. The van der Waals surface area contributed by atoms with Gasteiger partial charge in [-0.3, -0.25) is 0 Å². The minimum absolute atomic E-state index is 0.136. The molecule has 0 bridgehead atoms. The lowest BCUT2D eigenvalue weighted by Crippen LogP contribution is -2.65. The molecule has 11 nitrogen and oxygen atoms in total. The van der Waals surface area contributed by atoms with Gasteiger partial charge in [0.15, 0.2) is 0 Å². The lowest BCUT2D eigenvalue weighted by molar-refractivity contribution is -0.233. The molecule has 1 fully saturated rings. The summed E-state index contributed by atoms with van der Waals surface area (Å²) in [6.45, 7) is 5.52. The van der Waals surface area contributed by atoms with Gasteiger partial charge in [-0.25, -0.2) is 9.59 Å². The van der Waals surface area contributed by atoms with Crippen LogP contribution in [0.5, 0.6) is 0 Å². The monoisotopic (exact) mass is 808 g/mol. The SMILES string of the molecule is CC(C)(C)OC(=O)NC(CCO)CC[C@@H]1O[C@H](COCc2ccccc2)[C@@H](OCc2ccccc2)[C@H](OCc2ccccc2)[C@H]1NC(=O)OCC(Cl)(Cl)Cl. The molecule has 6 atom stereocenters. The second kappa shape index (κ2) is 21.8. The Morgan fingerprint density at radius 1 is 0.759 bits per heavy atom. The third-order valence-corrected chi connectivity index (χ3v) is 8.74. The van der Waals surface area contributed by atoms with Crippen LogP contribution in [0.3, 0.4) is 0 Å². The second-order valence-corrected chi connectivity index (χ2v) is 16.5. The number of aliphatic hydroxyl groups is 1. The molecule has 3 aromatic carbocycles. The van der Waals surface area contributed by atoms with E-state index in [1.807, 2.05) is 91.0 Å². The van der Waals surface area contributed by atoms with E-state index in [-0.39, 0.29) is 32.8 Å². The Kier molecular flexibility index (Phi) is 17.6. The van der Waals surface area contributed by atoms with Crippen molar-refractivity contribution >= 4 is 47.0 Å². The van der Waals surface area contributed by atoms with Crippen LogP contribution in [0.1, 0.15) is 56.7 Å². The van der Waals surface area contributed by atoms with Gasteiger partial charge in [-0.05, 0) is 56.7 Å². The Hall–Kier alpha value is -3.13. The maximum atomic E-state index is 13.3. The van der Waals surface area contributed by atoms with Crippen LogP contribution >= 0.6 is 34.8 Å². The van der Waals surface area contributed by atoms with Crippen molar-refractivity contribution in [2.24, 2.45) is 0 Å². The van der Waals surface area contributed by atoms with Crippen molar-refractivity contribution in [3.63, 3.8) is 0 Å². The fraction of sp³-hybridized carbons (Fsp3) is 0.500. The highest BCUT2D eigenvalue weighted by molar-refractivity contribution is 6.67. The molecule has 0 aromatic heterocycles. The Bertz CT molecular complexity index is 1530. The molecule has 2 amide bonds. The van der Waals surface area contributed by atoms with E-state index in [4.69, 9.17) is 63.2 Å². The van der Waals surface area contributed by atoms with E-state index < -0.39 is 64.7 Å². The van der Waals surface area contributed by atoms with Gasteiger partial charge in [0.25, 0.3) is 0 Å². The number of amides is 2. The van der Waals surface area contributed by atoms with Crippen molar-refractivity contribution in [2.75, 3.05) is 19.8 Å². The molecule has 54 heavy (non-hydrogen) atoms. The zero-order valence-electron chi connectivity index (χ0n) is 30.8. The average molecular weight is 810 g/mol. The van der Waals surface area contributed by atoms with E-state index in [1.165, 1.54) is 0 Å². The van der Waals surface area contributed by atoms with Gasteiger partial charge in [0.2, 0.25) is 3.79 Å². The predicted octanol–water partition coefficient (Wildman–Crippen LogP) is 7.66. The predicted molar refractivity (Wildman–Crippen MR) is 207 cm³/mol. The van der Waals surface area contributed by atoms with Gasteiger partial charge in [0.1, 0.15) is 30.5 Å². The standard InChI is InChI=1S/C40H51Cl3N2O9/c1-39(2,3)54-38(48)44-31(21-22-46)19-20-32-34(45-37(47)52-27-40(41,42)43)36(51-25-30-17-11-6-12-18-30)35(50-24-29-15-9-5-10-16-29)33(53-32)26-49-23-28-13-7-4-8-14-28/h4-18,31-36,46H,19-27H2,1-3H3,(H,44,48)(H,45,47)/t31?,32-,33+,34-,35+,36+/m0/s1. The number of hydrogen-bond donors (Lipinski definition) is 3. The summed E-state index contributed by atoms with van der Waals surface area (Å²) < 4.78 is 35.3. The molecule has 3 aromatic rings. The number of carbonyl (C=O) groups is 2. The summed E-state index contributed by atoms with van der Waals surface area (Å²) in [5.74, 6) is 0. The van der Waals surface area contributed by atoms with Crippen LogP contribution in [0.25, 0.3) is 0 Å². The van der Waals surface area contributed by atoms with Crippen LogP contribution in [0, 0.1) is 0 Å². The quantitative estimate of drug-likeness (QED) is 0.111. The first kappa shape index (κ1) is 43.6. The molecule has 1 aliphatic heterocycles. The molecular formula is C40H51Cl3N2O9. The van der Waals surface area contributed by atoms with Crippen molar-refractivity contribution in [1.82, 2.24) is 10.6 Å². The van der Waals surface area contributed by atoms with Crippen molar-refractivity contribution in [2.45, 2.75) is 106 Å². The molecule has 14 heteroatoms. The first-order chi connectivity index (χ1) is 25.8. The molecular weight excluding hydrogens is 759 g/mol. The highest BCUT2D eigenvalue weighted by Gasteiger charge is 2.48. The van der Waals surface area contributed by atoms with Crippen LogP contribution in [-0.4, -0.2) is 83.0 Å². The van der Waals surface area contributed by atoms with Crippen molar-refractivity contribution in [3.8, 4) is 0 Å². The Balaban J connectivity index is 1.67. The molecule has 0 radical (unpaired) electrons. The molecule has 4 rings (SSSR count). The first-order valence-electron chi connectivity index (χ1n) is 18.0. The summed E-state index contributed by atoms with van der Waals surface area (Å²) in [5, 5.41) is 15.7. The lowest BCUT2D eigenvalue weighted by Gasteiger charge is -2.47. The van der Waals surface area contributed by atoms with E-state index >= 15 is 0 Å². The zero-order chi connectivity index (χ0) is 39.0. The number of alkyl carbamates (subject to hydrolysis) is 2. The fourth-order valence-corrected chi connectivity index (χ4v) is 6.15. The number of rotatable bonds is 18. The maximum absolute atomic E-state index is 13.3. The van der Waals surface area contributed by atoms with Gasteiger partial charge < -0.3 is 44.2 Å². The van der Waals surface area contributed by atoms with Crippen LogP contribution in [0.4, 0.5) is 9.59 Å². The first-order valence-corrected chi connectivity index (χ1v) is 19.1. The van der Waals surface area contributed by atoms with E-state index in [9.17, 15) is 14.7 Å².